The van der Waals surface area contributed by atoms with E-state index in [1.807, 2.05) is 6.07 Å². The number of carboxylic acids is 1. The topological polar surface area (TPSA) is 65.9 Å². The molecule has 1 aliphatic heterocycles. The van der Waals surface area contributed by atoms with E-state index in [2.05, 4.69) is 28.9 Å². The SMILES string of the molecule is CO[C@@H]1C[C@H]2CN(c3cccc(C(=O)O)n3)C[C@H]2C[C@H]1N(C)C. The van der Waals surface area contributed by atoms with Crippen molar-refractivity contribution in [3.05, 3.63) is 23.9 Å². The van der Waals surface area contributed by atoms with Crippen LogP contribution in [-0.2, 0) is 4.74 Å². The number of ether oxygens (including phenoxy) is 1. The Hall–Kier alpha value is -1.66. The predicted octanol–water partition coefficient (Wildman–Crippen LogP) is 1.57. The lowest BCUT2D eigenvalue weighted by molar-refractivity contribution is -0.0209. The summed E-state index contributed by atoms with van der Waals surface area (Å²) in [6, 6.07) is 5.66. The van der Waals surface area contributed by atoms with Crippen LogP contribution in [0.3, 0.4) is 0 Å². The van der Waals surface area contributed by atoms with Gasteiger partial charge < -0.3 is 19.6 Å². The van der Waals surface area contributed by atoms with Crippen molar-refractivity contribution in [2.75, 3.05) is 39.2 Å². The van der Waals surface area contributed by atoms with Crippen molar-refractivity contribution in [3.63, 3.8) is 0 Å². The van der Waals surface area contributed by atoms with Gasteiger partial charge in [-0.05, 0) is 50.9 Å². The Morgan fingerprint density at radius 3 is 2.61 bits per heavy atom. The predicted molar refractivity (Wildman–Crippen MR) is 87.9 cm³/mol. The normalized spacial score (nSPS) is 30.5. The number of likely N-dealkylation sites (N-methyl/N-ethyl adjacent to an activating group) is 1. The number of carbonyl (C=O) groups is 1. The molecule has 23 heavy (non-hydrogen) atoms. The number of nitrogens with zero attached hydrogens (tertiary/aromatic N) is 3. The minimum Gasteiger partial charge on any atom is -0.477 e. The van der Waals surface area contributed by atoms with Crippen molar-refractivity contribution < 1.29 is 14.6 Å². The van der Waals surface area contributed by atoms with Gasteiger partial charge in [0.1, 0.15) is 5.82 Å². The molecular weight excluding hydrogens is 294 g/mol. The number of aromatic carboxylic acids is 1. The van der Waals surface area contributed by atoms with Crippen LogP contribution < -0.4 is 4.90 Å². The molecule has 6 heteroatoms. The fourth-order valence-electron chi connectivity index (χ4n) is 4.09. The molecule has 0 bridgehead atoms. The fraction of sp³-hybridized carbons (Fsp3) is 0.647. The van der Waals surface area contributed by atoms with Gasteiger partial charge in [0.15, 0.2) is 5.69 Å². The van der Waals surface area contributed by atoms with Gasteiger partial charge in [-0.3, -0.25) is 0 Å². The summed E-state index contributed by atoms with van der Waals surface area (Å²) < 4.78 is 5.71. The maximum Gasteiger partial charge on any atom is 0.354 e. The van der Waals surface area contributed by atoms with Gasteiger partial charge in [0.2, 0.25) is 0 Å². The average Bonchev–Trinajstić information content (AvgIpc) is 2.96. The Morgan fingerprint density at radius 1 is 1.30 bits per heavy atom. The summed E-state index contributed by atoms with van der Waals surface area (Å²) in [4.78, 5) is 19.9. The van der Waals surface area contributed by atoms with Gasteiger partial charge in [0.25, 0.3) is 0 Å². The molecule has 6 nitrogen and oxygen atoms in total. The van der Waals surface area contributed by atoms with Crippen LogP contribution in [0.2, 0.25) is 0 Å². The standard InChI is InChI=1S/C17H25N3O3/c1-19(2)14-7-11-9-20(10-12(11)8-15(14)23-3)16-6-4-5-13(18-16)17(21)22/h4-6,11-12,14-15H,7-10H2,1-3H3,(H,21,22)/t11-,12+,14-,15-/m1/s1. The summed E-state index contributed by atoms with van der Waals surface area (Å²) >= 11 is 0. The molecule has 0 radical (unpaired) electrons. The van der Waals surface area contributed by atoms with Crippen LogP contribution >= 0.6 is 0 Å². The number of rotatable bonds is 4. The maximum atomic E-state index is 11.1. The number of hydrogen-bond donors (Lipinski definition) is 1. The van der Waals surface area contributed by atoms with Crippen molar-refractivity contribution in [2.24, 2.45) is 11.8 Å². The van der Waals surface area contributed by atoms with Crippen LogP contribution in [0.4, 0.5) is 5.82 Å². The molecule has 1 saturated heterocycles. The molecule has 1 aromatic rings. The summed E-state index contributed by atoms with van der Waals surface area (Å²) in [5.41, 5.74) is 0.110. The minimum atomic E-state index is -0.976. The smallest absolute Gasteiger partial charge is 0.354 e. The summed E-state index contributed by atoms with van der Waals surface area (Å²) in [6.07, 6.45) is 2.44. The van der Waals surface area contributed by atoms with Crippen molar-refractivity contribution in [3.8, 4) is 0 Å². The van der Waals surface area contributed by atoms with Gasteiger partial charge in [-0.1, -0.05) is 6.07 Å². The molecule has 126 valence electrons. The second kappa shape index (κ2) is 6.45. The van der Waals surface area contributed by atoms with Crippen molar-refractivity contribution in [1.82, 2.24) is 9.88 Å². The van der Waals surface area contributed by atoms with Gasteiger partial charge in [0, 0.05) is 26.2 Å². The summed E-state index contributed by atoms with van der Waals surface area (Å²) in [5.74, 6) is 1.00. The number of pyridine rings is 1. The molecule has 1 aliphatic carbocycles. The Bertz CT molecular complexity index is 578. The zero-order valence-corrected chi connectivity index (χ0v) is 14.0. The first-order valence-electron chi connectivity index (χ1n) is 8.14. The third-order valence-corrected chi connectivity index (χ3v) is 5.33. The number of anilines is 1. The van der Waals surface area contributed by atoms with E-state index < -0.39 is 5.97 Å². The molecule has 1 saturated carbocycles. The molecule has 2 fully saturated rings. The highest BCUT2D eigenvalue weighted by Crippen LogP contribution is 2.39. The van der Waals surface area contributed by atoms with Crippen molar-refractivity contribution >= 4 is 11.8 Å². The van der Waals surface area contributed by atoms with Crippen molar-refractivity contribution in [2.45, 2.75) is 25.0 Å². The van der Waals surface area contributed by atoms with Crippen LogP contribution in [0.25, 0.3) is 0 Å². The van der Waals surface area contributed by atoms with E-state index in [1.54, 1.807) is 13.2 Å². The fourth-order valence-corrected chi connectivity index (χ4v) is 4.09. The van der Waals surface area contributed by atoms with E-state index in [-0.39, 0.29) is 11.8 Å². The number of fused-ring (bicyclic) bond motifs is 1. The van der Waals surface area contributed by atoms with Crippen LogP contribution in [0.15, 0.2) is 18.2 Å². The highest BCUT2D eigenvalue weighted by molar-refractivity contribution is 5.85. The van der Waals surface area contributed by atoms with Crippen LogP contribution in [-0.4, -0.2) is 67.4 Å². The molecule has 1 aromatic heterocycles. The highest BCUT2D eigenvalue weighted by Gasteiger charge is 2.43. The van der Waals surface area contributed by atoms with E-state index in [9.17, 15) is 4.79 Å². The highest BCUT2D eigenvalue weighted by atomic mass is 16.5. The Labute approximate surface area is 137 Å². The summed E-state index contributed by atoms with van der Waals surface area (Å²) in [6.45, 7) is 1.88. The number of methoxy groups -OCH3 is 1. The van der Waals surface area contributed by atoms with Crippen LogP contribution in [0, 0.1) is 11.8 Å². The quantitative estimate of drug-likeness (QED) is 0.909. The molecule has 0 amide bonds. The maximum absolute atomic E-state index is 11.1. The first kappa shape index (κ1) is 16.2. The van der Waals surface area contributed by atoms with Crippen LogP contribution in [0.1, 0.15) is 23.3 Å². The molecule has 0 spiro atoms. The molecule has 3 rings (SSSR count). The molecule has 1 N–H and O–H groups in total. The van der Waals surface area contributed by atoms with Gasteiger partial charge >= 0.3 is 5.97 Å². The van der Waals surface area contributed by atoms with Gasteiger partial charge in [-0.25, -0.2) is 9.78 Å². The second-order valence-corrected chi connectivity index (χ2v) is 6.89. The van der Waals surface area contributed by atoms with Gasteiger partial charge in [-0.15, -0.1) is 0 Å². The summed E-state index contributed by atoms with van der Waals surface area (Å²) in [7, 11) is 6.02. The summed E-state index contributed by atoms with van der Waals surface area (Å²) in [5, 5.41) is 9.12. The molecular formula is C17H25N3O3. The van der Waals surface area contributed by atoms with Crippen LogP contribution in [0.5, 0.6) is 0 Å². The second-order valence-electron chi connectivity index (χ2n) is 6.89. The van der Waals surface area contributed by atoms with E-state index in [0.717, 1.165) is 31.7 Å². The average molecular weight is 319 g/mol. The molecule has 2 aliphatic rings. The first-order valence-corrected chi connectivity index (χ1v) is 8.14. The number of hydrogen-bond acceptors (Lipinski definition) is 5. The lowest BCUT2D eigenvalue weighted by Gasteiger charge is -2.40. The van der Waals surface area contributed by atoms with Gasteiger partial charge in [0.05, 0.1) is 6.10 Å². The number of carboxylic acid groups (broad SMARTS) is 1. The zero-order chi connectivity index (χ0) is 16.6. The van der Waals surface area contributed by atoms with E-state index >= 15 is 0 Å². The Kier molecular flexibility index (Phi) is 4.55. The largest absolute Gasteiger partial charge is 0.477 e. The third-order valence-electron chi connectivity index (χ3n) is 5.33. The monoisotopic (exact) mass is 319 g/mol. The number of aromatic nitrogens is 1. The van der Waals surface area contributed by atoms with Crippen molar-refractivity contribution in [1.29, 1.82) is 0 Å². The lowest BCUT2D eigenvalue weighted by atomic mass is 9.77. The first-order chi connectivity index (χ1) is 11.0. The lowest BCUT2D eigenvalue weighted by Crippen LogP contribution is -2.47. The zero-order valence-electron chi connectivity index (χ0n) is 14.0. The van der Waals surface area contributed by atoms with E-state index in [1.165, 1.54) is 6.07 Å². The van der Waals surface area contributed by atoms with E-state index in [4.69, 9.17) is 9.84 Å². The molecule has 0 aromatic carbocycles. The van der Waals surface area contributed by atoms with E-state index in [0.29, 0.717) is 17.9 Å². The Morgan fingerprint density at radius 2 is 2.00 bits per heavy atom. The van der Waals surface area contributed by atoms with Gasteiger partial charge in [-0.2, -0.15) is 0 Å². The molecule has 2 heterocycles. The third kappa shape index (κ3) is 3.19. The molecule has 4 atom stereocenters. The minimum absolute atomic E-state index is 0.110. The Balaban J connectivity index is 1.75. The molecule has 0 unspecified atom stereocenters.